The van der Waals surface area contributed by atoms with Crippen LogP contribution in [0.3, 0.4) is 0 Å². The summed E-state index contributed by atoms with van der Waals surface area (Å²) in [6.07, 6.45) is 7.57. The van der Waals surface area contributed by atoms with Gasteiger partial charge in [-0.1, -0.05) is 31.4 Å². The molecule has 0 spiro atoms. The normalized spacial score (nSPS) is 15.3. The van der Waals surface area contributed by atoms with Crippen molar-refractivity contribution in [1.82, 2.24) is 19.3 Å². The maximum atomic E-state index is 12.1. The third-order valence-corrected chi connectivity index (χ3v) is 5.20. The van der Waals surface area contributed by atoms with Crippen LogP contribution in [0.1, 0.15) is 49.8 Å². The summed E-state index contributed by atoms with van der Waals surface area (Å²) in [5, 5.41) is 5.28. The van der Waals surface area contributed by atoms with Crippen LogP contribution < -0.4 is 11.2 Å². The Balaban J connectivity index is 1.74. The number of pyridine rings is 1. The molecule has 2 heterocycles. The van der Waals surface area contributed by atoms with Gasteiger partial charge in [0.25, 0.3) is 0 Å². The molecule has 0 aliphatic heterocycles. The quantitative estimate of drug-likeness (QED) is 0.749. The highest BCUT2D eigenvalue weighted by molar-refractivity contribution is 5.78. The van der Waals surface area contributed by atoms with E-state index in [4.69, 9.17) is 5.73 Å². The summed E-state index contributed by atoms with van der Waals surface area (Å²) in [6.45, 7) is 0.489. The number of aromatic nitrogens is 4. The summed E-state index contributed by atoms with van der Waals surface area (Å²) in [6, 6.07) is 9.43. The van der Waals surface area contributed by atoms with E-state index in [9.17, 15) is 9.59 Å². The van der Waals surface area contributed by atoms with E-state index >= 15 is 0 Å². The van der Waals surface area contributed by atoms with E-state index in [1.54, 1.807) is 12.3 Å². The zero-order valence-electron chi connectivity index (χ0n) is 15.2. The summed E-state index contributed by atoms with van der Waals surface area (Å²) in [7, 11) is 0. The molecule has 1 aromatic carbocycles. The number of nitrogens with zero attached hydrogens (tertiary/aromatic N) is 4. The molecule has 27 heavy (non-hydrogen) atoms. The Morgan fingerprint density at radius 2 is 1.93 bits per heavy atom. The zero-order valence-corrected chi connectivity index (χ0v) is 15.2. The van der Waals surface area contributed by atoms with Crippen molar-refractivity contribution >= 4 is 16.8 Å². The molecule has 1 amide bonds. The van der Waals surface area contributed by atoms with E-state index in [2.05, 4.69) is 10.1 Å². The van der Waals surface area contributed by atoms with Crippen LogP contribution in [0.25, 0.3) is 10.9 Å². The lowest BCUT2D eigenvalue weighted by Gasteiger charge is -2.23. The van der Waals surface area contributed by atoms with Crippen molar-refractivity contribution < 1.29 is 4.79 Å². The second kappa shape index (κ2) is 7.34. The van der Waals surface area contributed by atoms with Gasteiger partial charge in [-0.2, -0.15) is 5.10 Å². The molecule has 7 heteroatoms. The highest BCUT2D eigenvalue weighted by Crippen LogP contribution is 2.28. The van der Waals surface area contributed by atoms with Crippen LogP contribution in [-0.4, -0.2) is 25.2 Å². The lowest BCUT2D eigenvalue weighted by atomic mass is 9.95. The number of benzene rings is 1. The van der Waals surface area contributed by atoms with Crippen LogP contribution in [-0.2, 0) is 17.8 Å². The number of carbonyl (C=O) groups is 1. The topological polar surface area (TPSA) is 95.8 Å². The van der Waals surface area contributed by atoms with Crippen LogP contribution >= 0.6 is 0 Å². The van der Waals surface area contributed by atoms with Crippen molar-refractivity contribution in [2.75, 3.05) is 0 Å². The smallest absolute Gasteiger partial charge is 0.225 e. The van der Waals surface area contributed by atoms with Crippen molar-refractivity contribution in [3.8, 4) is 0 Å². The molecule has 1 aliphatic rings. The number of carbonyl (C=O) groups excluding carboxylic acids is 1. The number of fused-ring (bicyclic) bond motifs is 1. The second-order valence-corrected chi connectivity index (χ2v) is 7.15. The van der Waals surface area contributed by atoms with Crippen molar-refractivity contribution in [2.24, 2.45) is 5.73 Å². The SMILES string of the molecule is NC(=O)Cc1nc(Cn2ccc(=O)c3ccccc32)n(C2CCCCC2)n1. The van der Waals surface area contributed by atoms with Crippen LogP contribution in [0.15, 0.2) is 41.3 Å². The van der Waals surface area contributed by atoms with Gasteiger partial charge < -0.3 is 10.3 Å². The molecule has 0 saturated heterocycles. The third kappa shape index (κ3) is 3.63. The molecule has 7 nitrogen and oxygen atoms in total. The Morgan fingerprint density at radius 1 is 1.15 bits per heavy atom. The minimum atomic E-state index is -0.434. The van der Waals surface area contributed by atoms with E-state index in [1.165, 1.54) is 19.3 Å². The predicted octanol–water partition coefficient (Wildman–Crippen LogP) is 2.17. The molecule has 1 saturated carbocycles. The van der Waals surface area contributed by atoms with E-state index in [0.29, 0.717) is 23.8 Å². The maximum Gasteiger partial charge on any atom is 0.225 e. The lowest BCUT2D eigenvalue weighted by Crippen LogP contribution is -2.19. The highest BCUT2D eigenvalue weighted by atomic mass is 16.1. The number of amides is 1. The fourth-order valence-electron chi connectivity index (χ4n) is 3.91. The Morgan fingerprint density at radius 3 is 2.70 bits per heavy atom. The number of para-hydroxylation sites is 1. The van der Waals surface area contributed by atoms with Crippen LogP contribution in [0.4, 0.5) is 0 Å². The lowest BCUT2D eigenvalue weighted by molar-refractivity contribution is -0.117. The van der Waals surface area contributed by atoms with Gasteiger partial charge in [0.2, 0.25) is 5.91 Å². The van der Waals surface area contributed by atoms with Crippen molar-refractivity contribution in [3.05, 3.63) is 58.4 Å². The molecular formula is C20H23N5O2. The van der Waals surface area contributed by atoms with E-state index < -0.39 is 5.91 Å². The van der Waals surface area contributed by atoms with Gasteiger partial charge in [0.05, 0.1) is 24.5 Å². The molecule has 0 unspecified atom stereocenters. The summed E-state index contributed by atoms with van der Waals surface area (Å²) < 4.78 is 3.98. The highest BCUT2D eigenvalue weighted by Gasteiger charge is 2.22. The van der Waals surface area contributed by atoms with Crippen molar-refractivity contribution in [2.45, 2.75) is 51.1 Å². The standard InChI is InChI=1S/C20H23N5O2/c21-18(27)12-19-22-20(25(23-19)14-6-2-1-3-7-14)13-24-11-10-17(26)15-8-4-5-9-16(15)24/h4-5,8-11,14H,1-3,6-7,12-13H2,(H2,21,27). The fourth-order valence-corrected chi connectivity index (χ4v) is 3.91. The first-order valence-electron chi connectivity index (χ1n) is 9.42. The molecule has 0 bridgehead atoms. The van der Waals surface area contributed by atoms with Gasteiger partial charge in [-0.15, -0.1) is 0 Å². The number of nitrogens with two attached hydrogens (primary N) is 1. The summed E-state index contributed by atoms with van der Waals surface area (Å²) in [5.41, 5.74) is 6.20. The van der Waals surface area contributed by atoms with Crippen molar-refractivity contribution in [1.29, 1.82) is 0 Å². The van der Waals surface area contributed by atoms with Gasteiger partial charge in [-0.05, 0) is 25.0 Å². The Hall–Kier alpha value is -2.96. The third-order valence-electron chi connectivity index (χ3n) is 5.20. The molecule has 2 aromatic heterocycles. The molecule has 2 N–H and O–H groups in total. The Labute approximate surface area is 156 Å². The molecule has 3 aromatic rings. The number of rotatable bonds is 5. The second-order valence-electron chi connectivity index (χ2n) is 7.15. The molecule has 4 rings (SSSR count). The van der Waals surface area contributed by atoms with Gasteiger partial charge >= 0.3 is 0 Å². The summed E-state index contributed by atoms with van der Waals surface area (Å²) in [5.74, 6) is 0.830. The molecule has 0 atom stereocenters. The first kappa shape index (κ1) is 17.5. The van der Waals surface area contributed by atoms with Crippen LogP contribution in [0.5, 0.6) is 0 Å². The average Bonchev–Trinajstić information content (AvgIpc) is 3.06. The van der Waals surface area contributed by atoms with E-state index in [0.717, 1.165) is 24.2 Å². The monoisotopic (exact) mass is 365 g/mol. The van der Waals surface area contributed by atoms with Gasteiger partial charge in [0.15, 0.2) is 11.3 Å². The average molecular weight is 365 g/mol. The minimum Gasteiger partial charge on any atom is -0.369 e. The first-order chi connectivity index (χ1) is 13.1. The van der Waals surface area contributed by atoms with E-state index in [-0.39, 0.29) is 11.8 Å². The fraction of sp³-hybridized carbons (Fsp3) is 0.400. The zero-order chi connectivity index (χ0) is 18.8. The molecular weight excluding hydrogens is 342 g/mol. The summed E-state index contributed by atoms with van der Waals surface area (Å²) >= 11 is 0. The van der Waals surface area contributed by atoms with Crippen LogP contribution in [0, 0.1) is 0 Å². The predicted molar refractivity (Wildman–Crippen MR) is 102 cm³/mol. The Kier molecular flexibility index (Phi) is 4.75. The maximum absolute atomic E-state index is 12.1. The summed E-state index contributed by atoms with van der Waals surface area (Å²) in [4.78, 5) is 28.1. The Bertz CT molecular complexity index is 1030. The van der Waals surface area contributed by atoms with Crippen LogP contribution in [0.2, 0.25) is 0 Å². The number of primary amides is 1. The number of hydrogen-bond donors (Lipinski definition) is 1. The van der Waals surface area contributed by atoms with Crippen molar-refractivity contribution in [3.63, 3.8) is 0 Å². The molecule has 0 radical (unpaired) electrons. The van der Waals surface area contributed by atoms with E-state index in [1.807, 2.05) is 33.5 Å². The molecule has 1 fully saturated rings. The van der Waals surface area contributed by atoms with Gasteiger partial charge in [-0.25, -0.2) is 9.67 Å². The van der Waals surface area contributed by atoms with Gasteiger partial charge in [-0.3, -0.25) is 9.59 Å². The minimum absolute atomic E-state index is 0.00464. The number of hydrogen-bond acceptors (Lipinski definition) is 4. The first-order valence-corrected chi connectivity index (χ1v) is 9.42. The molecule has 140 valence electrons. The van der Waals surface area contributed by atoms with Gasteiger partial charge in [0, 0.05) is 17.6 Å². The van der Waals surface area contributed by atoms with Gasteiger partial charge in [0.1, 0.15) is 5.82 Å². The molecule has 1 aliphatic carbocycles. The largest absolute Gasteiger partial charge is 0.369 e.